The second kappa shape index (κ2) is 14.6. The lowest BCUT2D eigenvalue weighted by atomic mass is 9.85. The number of likely N-dealkylation sites (tertiary alicyclic amines) is 1. The zero-order valence-corrected chi connectivity index (χ0v) is 28.9. The van der Waals surface area contributed by atoms with Gasteiger partial charge in [0.05, 0.1) is 12.6 Å². The van der Waals surface area contributed by atoms with Crippen molar-refractivity contribution in [1.29, 1.82) is 0 Å². The largest absolute Gasteiger partial charge is 0.444 e. The van der Waals surface area contributed by atoms with Crippen molar-refractivity contribution in [3.8, 4) is 0 Å². The van der Waals surface area contributed by atoms with E-state index in [1.807, 2.05) is 30.3 Å². The lowest BCUT2D eigenvalue weighted by Gasteiger charge is -2.37. The van der Waals surface area contributed by atoms with Crippen LogP contribution in [0.15, 0.2) is 30.3 Å². The Labute approximate surface area is 280 Å². The number of amides is 5. The Morgan fingerprint density at radius 3 is 2.17 bits per heavy atom. The number of nitrogens with one attached hydrogen (secondary N) is 4. The van der Waals surface area contributed by atoms with Gasteiger partial charge in [-0.3, -0.25) is 24.0 Å². The van der Waals surface area contributed by atoms with Gasteiger partial charge in [-0.1, -0.05) is 64.4 Å². The first-order valence-corrected chi connectivity index (χ1v) is 16.1. The molecule has 14 heteroatoms. The number of benzene rings is 1. The molecule has 46 heavy (non-hydrogen) atoms. The lowest BCUT2D eigenvalue weighted by Crippen LogP contribution is -2.61. The topological polar surface area (TPSA) is 163 Å². The maximum Gasteiger partial charge on any atom is 0.408 e. The minimum absolute atomic E-state index is 0.0577. The normalized spacial score (nSPS) is 21.2. The Morgan fingerprint density at radius 2 is 1.61 bits per heavy atom. The molecule has 1 aliphatic carbocycles. The molecule has 12 nitrogen and oxygen atoms in total. The van der Waals surface area contributed by atoms with Crippen LogP contribution in [0.2, 0.25) is 0 Å². The van der Waals surface area contributed by atoms with Gasteiger partial charge in [0, 0.05) is 24.9 Å². The van der Waals surface area contributed by atoms with Crippen LogP contribution in [0.5, 0.6) is 0 Å². The van der Waals surface area contributed by atoms with E-state index >= 15 is 0 Å². The monoisotopic (exact) mass is 681 g/mol. The third-order valence-electron chi connectivity index (χ3n) is 7.83. The minimum atomic E-state index is -1.26. The number of fused-ring (bicyclic) bond motifs is 1. The number of carbonyl (C=O) groups excluding carboxylic acids is 6. The number of ketones is 1. The summed E-state index contributed by atoms with van der Waals surface area (Å²) in [7, 11) is 0. The van der Waals surface area contributed by atoms with Gasteiger partial charge in [0.15, 0.2) is 0 Å². The van der Waals surface area contributed by atoms with E-state index in [1.54, 1.807) is 48.5 Å². The van der Waals surface area contributed by atoms with Gasteiger partial charge >= 0.3 is 6.09 Å². The van der Waals surface area contributed by atoms with Crippen molar-refractivity contribution in [2.75, 3.05) is 13.1 Å². The molecule has 1 aliphatic heterocycles. The summed E-state index contributed by atoms with van der Waals surface area (Å²) in [6.45, 7) is 12.1. The number of hydrogen-bond acceptors (Lipinski definition) is 7. The predicted molar refractivity (Wildman–Crippen MR) is 173 cm³/mol. The van der Waals surface area contributed by atoms with E-state index in [1.165, 1.54) is 4.90 Å². The van der Waals surface area contributed by atoms with Crippen molar-refractivity contribution in [1.82, 2.24) is 26.2 Å². The van der Waals surface area contributed by atoms with Crippen LogP contribution in [0.3, 0.4) is 0 Å². The first kappa shape index (κ1) is 37.1. The van der Waals surface area contributed by atoms with E-state index in [2.05, 4.69) is 21.3 Å². The van der Waals surface area contributed by atoms with Crippen molar-refractivity contribution in [2.45, 2.75) is 95.9 Å². The van der Waals surface area contributed by atoms with Gasteiger partial charge in [0.25, 0.3) is 5.91 Å². The summed E-state index contributed by atoms with van der Waals surface area (Å²) in [5.41, 5.74) is -0.704. The highest BCUT2D eigenvalue weighted by atomic mass is 35.5. The number of alkyl carbamates (subject to hydrolysis) is 1. The molecule has 0 spiro atoms. The van der Waals surface area contributed by atoms with E-state index in [0.717, 1.165) is 5.56 Å². The van der Waals surface area contributed by atoms with Crippen molar-refractivity contribution < 1.29 is 33.5 Å². The molecule has 0 radical (unpaired) electrons. The summed E-state index contributed by atoms with van der Waals surface area (Å²) < 4.78 is 4.11. The van der Waals surface area contributed by atoms with Crippen molar-refractivity contribution in [3.63, 3.8) is 0 Å². The van der Waals surface area contributed by atoms with Crippen LogP contribution < -0.4 is 21.3 Å². The van der Waals surface area contributed by atoms with E-state index < -0.39 is 87.4 Å². The van der Waals surface area contributed by atoms with Crippen LogP contribution in [-0.2, 0) is 35.3 Å². The first-order valence-electron chi connectivity index (χ1n) is 15.4. The van der Waals surface area contributed by atoms with Gasteiger partial charge in [-0.15, -0.1) is 23.2 Å². The summed E-state index contributed by atoms with van der Waals surface area (Å²) in [5.74, 6) is -4.72. The molecule has 5 amide bonds. The fourth-order valence-corrected chi connectivity index (χ4v) is 6.28. The third-order valence-corrected chi connectivity index (χ3v) is 8.90. The summed E-state index contributed by atoms with van der Waals surface area (Å²) in [6.07, 6.45) is -0.213. The highest BCUT2D eigenvalue weighted by molar-refractivity contribution is 6.51. The molecular weight excluding hydrogens is 637 g/mol. The Morgan fingerprint density at radius 1 is 0.978 bits per heavy atom. The van der Waals surface area contributed by atoms with E-state index in [-0.39, 0.29) is 19.5 Å². The number of alkyl halides is 2. The van der Waals surface area contributed by atoms with Crippen LogP contribution in [0, 0.1) is 17.3 Å². The van der Waals surface area contributed by atoms with Crippen LogP contribution in [0.1, 0.15) is 66.9 Å². The molecule has 5 atom stereocenters. The van der Waals surface area contributed by atoms with Gasteiger partial charge in [-0.05, 0) is 38.2 Å². The molecule has 2 fully saturated rings. The van der Waals surface area contributed by atoms with Gasteiger partial charge < -0.3 is 30.9 Å². The Kier molecular flexibility index (Phi) is 11.8. The van der Waals surface area contributed by atoms with E-state index in [4.69, 9.17) is 27.9 Å². The SMILES string of the molecule is CCCC(NC(=O)[C@@H]1C2C(CN1C(=O)[C@@H](NC(=O)OC(C)(C)C)C(C)(C)C)C2(Cl)Cl)C(=O)C(=O)NCC(=O)NCc1ccccc1. The molecule has 1 heterocycles. The first-order chi connectivity index (χ1) is 21.3. The minimum Gasteiger partial charge on any atom is -0.444 e. The van der Waals surface area contributed by atoms with Gasteiger partial charge in [-0.25, -0.2) is 4.79 Å². The highest BCUT2D eigenvalue weighted by Crippen LogP contribution is 2.65. The molecule has 0 aromatic heterocycles. The molecule has 254 valence electrons. The molecule has 1 saturated carbocycles. The van der Waals surface area contributed by atoms with Crippen LogP contribution in [0.25, 0.3) is 0 Å². The Balaban J connectivity index is 1.70. The molecule has 3 unspecified atom stereocenters. The number of hydrogen-bond donors (Lipinski definition) is 4. The average molecular weight is 683 g/mol. The number of nitrogens with zero attached hydrogens (tertiary/aromatic N) is 1. The quantitative estimate of drug-likeness (QED) is 0.195. The Hall–Kier alpha value is -3.38. The van der Waals surface area contributed by atoms with Gasteiger partial charge in [0.1, 0.15) is 22.0 Å². The number of carbonyl (C=O) groups is 6. The van der Waals surface area contributed by atoms with Crippen molar-refractivity contribution in [3.05, 3.63) is 35.9 Å². The second-order valence-electron chi connectivity index (χ2n) is 13.8. The molecule has 3 rings (SSSR count). The number of rotatable bonds is 12. The molecular formula is C32H45Cl2N5O7. The molecule has 1 saturated heterocycles. The van der Waals surface area contributed by atoms with Crippen LogP contribution in [0.4, 0.5) is 4.79 Å². The third kappa shape index (κ3) is 9.34. The smallest absolute Gasteiger partial charge is 0.408 e. The zero-order valence-electron chi connectivity index (χ0n) is 27.4. The standard InChI is InChI=1S/C32H45Cl2N5O7/c1-8-12-20(24(41)27(43)36-16-21(40)35-15-18-13-10-9-11-14-18)37-26(42)23-22-19(32(22,33)34)17-39(23)28(44)25(30(2,3)4)38-29(45)46-31(5,6)7/h9-11,13-14,19-20,22-23,25H,8,12,15-17H2,1-7H3,(H,35,40)(H,36,43)(H,37,42)(H,38,45)/t19?,20?,22?,23-,25+/m0/s1. The fourth-order valence-electron chi connectivity index (χ4n) is 5.45. The number of piperidine rings is 1. The second-order valence-corrected chi connectivity index (χ2v) is 15.3. The van der Waals surface area contributed by atoms with Crippen molar-refractivity contribution >= 4 is 58.7 Å². The summed E-state index contributed by atoms with van der Waals surface area (Å²) >= 11 is 13.0. The molecule has 4 N–H and O–H groups in total. The van der Waals surface area contributed by atoms with Gasteiger partial charge in [0.2, 0.25) is 23.5 Å². The van der Waals surface area contributed by atoms with Crippen LogP contribution >= 0.6 is 23.2 Å². The maximum absolute atomic E-state index is 14.0. The Bertz CT molecular complexity index is 1330. The molecule has 0 bridgehead atoms. The summed E-state index contributed by atoms with van der Waals surface area (Å²) in [6, 6.07) is 5.74. The van der Waals surface area contributed by atoms with Gasteiger partial charge in [-0.2, -0.15) is 0 Å². The molecule has 2 aliphatic rings. The fraction of sp³-hybridized carbons (Fsp3) is 0.625. The molecule has 1 aromatic rings. The highest BCUT2D eigenvalue weighted by Gasteiger charge is 2.74. The van der Waals surface area contributed by atoms with E-state index in [0.29, 0.717) is 6.42 Å². The lowest BCUT2D eigenvalue weighted by molar-refractivity contribution is -0.145. The predicted octanol–water partition coefficient (Wildman–Crippen LogP) is 2.84. The van der Waals surface area contributed by atoms with Crippen molar-refractivity contribution in [2.24, 2.45) is 17.3 Å². The number of ether oxygens (including phenoxy) is 1. The summed E-state index contributed by atoms with van der Waals surface area (Å²) in [4.78, 5) is 79.8. The molecule has 1 aromatic carbocycles. The summed E-state index contributed by atoms with van der Waals surface area (Å²) in [5, 5.41) is 10.2. The average Bonchev–Trinajstić information content (AvgIpc) is 3.27. The zero-order chi connectivity index (χ0) is 34.6. The van der Waals surface area contributed by atoms with E-state index in [9.17, 15) is 28.8 Å². The van der Waals surface area contributed by atoms with Crippen LogP contribution in [-0.4, -0.2) is 81.6 Å². The number of halogens is 2. The number of Topliss-reactive ketones (excluding diaryl/α,β-unsaturated/α-hetero) is 1. The maximum atomic E-state index is 14.0.